The Bertz CT molecular complexity index is 366. The van der Waals surface area contributed by atoms with Crippen molar-refractivity contribution in [1.29, 1.82) is 5.26 Å². The van der Waals surface area contributed by atoms with Crippen LogP contribution in [0.2, 0.25) is 0 Å². The number of nitriles is 1. The molecule has 15 heavy (non-hydrogen) atoms. The highest BCUT2D eigenvalue weighted by atomic mass is 32.2. The molecule has 1 aliphatic rings. The molecule has 0 spiro atoms. The smallest absolute Gasteiger partial charge is 0.144 e. The number of rotatable bonds is 3. The van der Waals surface area contributed by atoms with Crippen molar-refractivity contribution in [2.75, 3.05) is 11.5 Å². The van der Waals surface area contributed by atoms with Crippen LogP contribution in [0.15, 0.2) is 18.3 Å². The van der Waals surface area contributed by atoms with Gasteiger partial charge in [-0.15, -0.1) is 0 Å². The monoisotopic (exact) mass is 219 g/mol. The fourth-order valence-electron chi connectivity index (χ4n) is 1.63. The van der Waals surface area contributed by atoms with Crippen LogP contribution in [-0.2, 0) is 6.54 Å². The minimum atomic E-state index is 0.538. The van der Waals surface area contributed by atoms with Gasteiger partial charge in [0.05, 0.1) is 0 Å². The number of hydrogen-bond donors (Lipinski definition) is 1. The van der Waals surface area contributed by atoms with Crippen molar-refractivity contribution < 1.29 is 0 Å². The Morgan fingerprint density at radius 2 is 2.60 bits per heavy atom. The molecule has 1 aromatic rings. The zero-order valence-electron chi connectivity index (χ0n) is 8.44. The maximum Gasteiger partial charge on any atom is 0.144 e. The third kappa shape index (κ3) is 2.71. The number of nitrogens with zero attached hydrogens (tertiary/aromatic N) is 2. The summed E-state index contributed by atoms with van der Waals surface area (Å²) in [6.45, 7) is 0.752. The van der Waals surface area contributed by atoms with E-state index in [0.717, 1.165) is 12.1 Å². The minimum absolute atomic E-state index is 0.538. The standard InChI is InChI=1S/C11H13N3S/c12-6-11-9(2-1-4-13-11)7-14-10-3-5-15-8-10/h1-2,4,10,14H,3,5,7-8H2. The van der Waals surface area contributed by atoms with E-state index >= 15 is 0 Å². The van der Waals surface area contributed by atoms with Crippen LogP contribution in [0.5, 0.6) is 0 Å². The van der Waals surface area contributed by atoms with E-state index in [2.05, 4.69) is 16.4 Å². The van der Waals surface area contributed by atoms with Crippen LogP contribution in [0.4, 0.5) is 0 Å². The van der Waals surface area contributed by atoms with Crippen LogP contribution in [0.3, 0.4) is 0 Å². The summed E-state index contributed by atoms with van der Waals surface area (Å²) in [5.41, 5.74) is 1.53. The van der Waals surface area contributed by atoms with Gasteiger partial charge in [-0.3, -0.25) is 0 Å². The van der Waals surface area contributed by atoms with E-state index in [0.29, 0.717) is 11.7 Å². The van der Waals surface area contributed by atoms with Gasteiger partial charge in [0.1, 0.15) is 11.8 Å². The Labute approximate surface area is 93.9 Å². The van der Waals surface area contributed by atoms with Gasteiger partial charge < -0.3 is 5.32 Å². The summed E-state index contributed by atoms with van der Waals surface area (Å²) in [5, 5.41) is 12.3. The third-order valence-electron chi connectivity index (χ3n) is 2.51. The van der Waals surface area contributed by atoms with E-state index in [4.69, 9.17) is 5.26 Å². The lowest BCUT2D eigenvalue weighted by molar-refractivity contribution is 0.556. The number of pyridine rings is 1. The average molecular weight is 219 g/mol. The fraction of sp³-hybridized carbons (Fsp3) is 0.455. The molecule has 1 fully saturated rings. The molecule has 0 radical (unpaired) electrons. The zero-order valence-corrected chi connectivity index (χ0v) is 9.26. The van der Waals surface area contributed by atoms with Gasteiger partial charge in [0.15, 0.2) is 0 Å². The first-order valence-corrected chi connectivity index (χ1v) is 6.21. The molecular formula is C11H13N3S. The highest BCUT2D eigenvalue weighted by molar-refractivity contribution is 7.99. The van der Waals surface area contributed by atoms with Gasteiger partial charge >= 0.3 is 0 Å². The van der Waals surface area contributed by atoms with Gasteiger partial charge in [-0.25, -0.2) is 4.98 Å². The van der Waals surface area contributed by atoms with Crippen LogP contribution in [-0.4, -0.2) is 22.5 Å². The molecule has 0 aliphatic carbocycles. The quantitative estimate of drug-likeness (QED) is 0.838. The first-order chi connectivity index (χ1) is 7.40. The van der Waals surface area contributed by atoms with E-state index in [-0.39, 0.29) is 0 Å². The fourth-order valence-corrected chi connectivity index (χ4v) is 2.82. The summed E-state index contributed by atoms with van der Waals surface area (Å²) in [4.78, 5) is 4.04. The second kappa shape index (κ2) is 5.15. The molecule has 1 atom stereocenters. The van der Waals surface area contributed by atoms with Crippen molar-refractivity contribution in [2.45, 2.75) is 19.0 Å². The average Bonchev–Trinajstić information content (AvgIpc) is 2.79. The van der Waals surface area contributed by atoms with Crippen molar-refractivity contribution in [3.63, 3.8) is 0 Å². The molecule has 0 aromatic carbocycles. The van der Waals surface area contributed by atoms with Crippen molar-refractivity contribution in [3.8, 4) is 6.07 Å². The third-order valence-corrected chi connectivity index (χ3v) is 3.67. The van der Waals surface area contributed by atoms with Crippen molar-refractivity contribution >= 4 is 11.8 Å². The lowest BCUT2D eigenvalue weighted by Gasteiger charge is -2.11. The molecule has 2 rings (SSSR count). The number of thioether (sulfide) groups is 1. The van der Waals surface area contributed by atoms with Gasteiger partial charge in [0, 0.05) is 30.1 Å². The summed E-state index contributed by atoms with van der Waals surface area (Å²) in [5.74, 6) is 2.43. The number of aromatic nitrogens is 1. The maximum absolute atomic E-state index is 8.87. The van der Waals surface area contributed by atoms with Crippen LogP contribution in [0.1, 0.15) is 17.7 Å². The zero-order chi connectivity index (χ0) is 10.5. The SMILES string of the molecule is N#Cc1ncccc1CNC1CCSC1. The molecular weight excluding hydrogens is 206 g/mol. The van der Waals surface area contributed by atoms with Crippen LogP contribution < -0.4 is 5.32 Å². The molecule has 1 saturated heterocycles. The normalized spacial score (nSPS) is 20.1. The summed E-state index contributed by atoms with van der Waals surface area (Å²) in [7, 11) is 0. The lowest BCUT2D eigenvalue weighted by Crippen LogP contribution is -2.28. The number of hydrogen-bond acceptors (Lipinski definition) is 4. The van der Waals surface area contributed by atoms with E-state index in [1.54, 1.807) is 6.20 Å². The summed E-state index contributed by atoms with van der Waals surface area (Å²) in [6.07, 6.45) is 2.89. The molecule has 0 bridgehead atoms. The Hall–Kier alpha value is -1.05. The minimum Gasteiger partial charge on any atom is -0.309 e. The second-order valence-electron chi connectivity index (χ2n) is 3.56. The highest BCUT2D eigenvalue weighted by Crippen LogP contribution is 2.17. The molecule has 4 heteroatoms. The maximum atomic E-state index is 8.87. The van der Waals surface area contributed by atoms with Gasteiger partial charge in [-0.2, -0.15) is 17.0 Å². The Balaban J connectivity index is 1.95. The van der Waals surface area contributed by atoms with Crippen LogP contribution in [0.25, 0.3) is 0 Å². The molecule has 2 heterocycles. The summed E-state index contributed by atoms with van der Waals surface area (Å²) < 4.78 is 0. The van der Waals surface area contributed by atoms with Crippen LogP contribution in [0, 0.1) is 11.3 Å². The lowest BCUT2D eigenvalue weighted by atomic mass is 10.2. The molecule has 1 aromatic heterocycles. The molecule has 3 nitrogen and oxygen atoms in total. The van der Waals surface area contributed by atoms with E-state index in [1.165, 1.54) is 17.9 Å². The van der Waals surface area contributed by atoms with E-state index in [9.17, 15) is 0 Å². The molecule has 1 unspecified atom stereocenters. The number of nitrogens with one attached hydrogen (secondary N) is 1. The Morgan fingerprint density at radius 3 is 3.33 bits per heavy atom. The first kappa shape index (κ1) is 10.5. The van der Waals surface area contributed by atoms with Gasteiger partial charge in [0.25, 0.3) is 0 Å². The molecule has 1 aliphatic heterocycles. The predicted molar refractivity (Wildman–Crippen MR) is 61.5 cm³/mol. The van der Waals surface area contributed by atoms with Gasteiger partial charge in [-0.05, 0) is 18.2 Å². The Kier molecular flexibility index (Phi) is 3.59. The first-order valence-electron chi connectivity index (χ1n) is 5.05. The summed E-state index contributed by atoms with van der Waals surface area (Å²) >= 11 is 1.98. The summed E-state index contributed by atoms with van der Waals surface area (Å²) in [6, 6.07) is 6.55. The molecule has 1 N–H and O–H groups in total. The molecule has 78 valence electrons. The largest absolute Gasteiger partial charge is 0.309 e. The van der Waals surface area contributed by atoms with Crippen molar-refractivity contribution in [3.05, 3.63) is 29.6 Å². The topological polar surface area (TPSA) is 48.7 Å². The molecule has 0 saturated carbocycles. The predicted octanol–water partition coefficient (Wildman–Crippen LogP) is 1.55. The van der Waals surface area contributed by atoms with Crippen LogP contribution >= 0.6 is 11.8 Å². The highest BCUT2D eigenvalue weighted by Gasteiger charge is 2.14. The second-order valence-corrected chi connectivity index (χ2v) is 4.71. The van der Waals surface area contributed by atoms with Gasteiger partial charge in [-0.1, -0.05) is 6.07 Å². The Morgan fingerprint density at radius 1 is 1.67 bits per heavy atom. The van der Waals surface area contributed by atoms with Gasteiger partial charge in [0.2, 0.25) is 0 Å². The van der Waals surface area contributed by atoms with E-state index < -0.39 is 0 Å². The molecule has 0 amide bonds. The van der Waals surface area contributed by atoms with Crippen molar-refractivity contribution in [1.82, 2.24) is 10.3 Å². The van der Waals surface area contributed by atoms with E-state index in [1.807, 2.05) is 23.9 Å². The van der Waals surface area contributed by atoms with Crippen molar-refractivity contribution in [2.24, 2.45) is 0 Å².